The Morgan fingerprint density at radius 1 is 0.952 bits per heavy atom. The number of rotatable bonds is 11. The minimum atomic E-state index is -0.876. The van der Waals surface area contributed by atoms with Crippen molar-refractivity contribution in [3.05, 3.63) is 54.1 Å². The topological polar surface area (TPSA) is 130 Å². The predicted octanol–water partition coefficient (Wildman–Crippen LogP) is 1.78. The Morgan fingerprint density at radius 3 is 2.33 bits per heavy atom. The average Bonchev–Trinajstić information content (AvgIpc) is 3.26. The number of methoxy groups -OCH3 is 2. The summed E-state index contributed by atoms with van der Waals surface area (Å²) in [5.41, 5.74) is 0.985. The quantitative estimate of drug-likeness (QED) is 0.384. The van der Waals surface area contributed by atoms with Gasteiger partial charge in [-0.05, 0) is 56.0 Å². The van der Waals surface area contributed by atoms with Crippen LogP contribution in [-0.2, 0) is 25.5 Å². The first-order valence-corrected chi connectivity index (χ1v) is 14.1. The van der Waals surface area contributed by atoms with Gasteiger partial charge in [0.2, 0.25) is 5.91 Å². The number of nitrogens with zero attached hydrogens (tertiary/aromatic N) is 3. The summed E-state index contributed by atoms with van der Waals surface area (Å²) in [7, 11) is 3.15. The third kappa shape index (κ3) is 6.87. The molecule has 4 rings (SSSR count). The van der Waals surface area contributed by atoms with E-state index in [0.717, 1.165) is 11.3 Å². The first-order valence-electron chi connectivity index (χ1n) is 14.1. The summed E-state index contributed by atoms with van der Waals surface area (Å²) < 4.78 is 15.5. The average molecular weight is 582 g/mol. The van der Waals surface area contributed by atoms with Crippen molar-refractivity contribution in [1.29, 1.82) is 0 Å². The zero-order valence-corrected chi connectivity index (χ0v) is 24.4. The number of carbonyl (C=O) groups excluding carboxylic acids is 4. The second-order valence-corrected chi connectivity index (χ2v) is 10.2. The van der Waals surface area contributed by atoms with E-state index >= 15 is 0 Å². The number of hydrogen-bond acceptors (Lipinski definition) is 8. The van der Waals surface area contributed by atoms with Gasteiger partial charge in [-0.3, -0.25) is 14.4 Å². The Morgan fingerprint density at radius 2 is 1.67 bits per heavy atom. The van der Waals surface area contributed by atoms with Crippen LogP contribution in [-0.4, -0.2) is 99.4 Å². The minimum Gasteiger partial charge on any atom is -0.493 e. The zero-order chi connectivity index (χ0) is 30.1. The van der Waals surface area contributed by atoms with Crippen molar-refractivity contribution in [2.75, 3.05) is 65.1 Å². The molecule has 0 saturated carbocycles. The second-order valence-electron chi connectivity index (χ2n) is 10.2. The molecular weight excluding hydrogens is 542 g/mol. The molecule has 0 bridgehead atoms. The summed E-state index contributed by atoms with van der Waals surface area (Å²) in [4.78, 5) is 56.3. The van der Waals surface area contributed by atoms with Crippen LogP contribution in [0.4, 0.5) is 10.5 Å². The van der Waals surface area contributed by atoms with Gasteiger partial charge in [0.25, 0.3) is 5.91 Å². The van der Waals surface area contributed by atoms with Gasteiger partial charge in [-0.15, -0.1) is 0 Å². The first kappa shape index (κ1) is 30.5. The zero-order valence-electron chi connectivity index (χ0n) is 24.4. The Balaban J connectivity index is 1.37. The number of hydrogen-bond donors (Lipinski definition) is 2. The number of anilines is 1. The molecular formula is C30H39N5O7. The number of ether oxygens (including phenoxy) is 3. The van der Waals surface area contributed by atoms with Crippen molar-refractivity contribution in [2.45, 2.75) is 31.7 Å². The SMILES string of the molecule is CCOC(=O)CNC(=O)N1CCC2(CC1)C(=O)N(CC(=O)NCCc1ccc(OC)c(OC)c1)CN2c1ccccc1. The molecule has 12 nitrogen and oxygen atoms in total. The minimum absolute atomic E-state index is 0.0699. The van der Waals surface area contributed by atoms with Crippen LogP contribution in [0.1, 0.15) is 25.3 Å². The molecule has 226 valence electrons. The van der Waals surface area contributed by atoms with Crippen molar-refractivity contribution in [3.8, 4) is 11.5 Å². The number of benzene rings is 2. The maximum atomic E-state index is 13.9. The van der Waals surface area contributed by atoms with Gasteiger partial charge in [0.05, 0.1) is 27.5 Å². The fourth-order valence-electron chi connectivity index (χ4n) is 5.49. The van der Waals surface area contributed by atoms with E-state index in [1.807, 2.05) is 53.4 Å². The normalized spacial score (nSPS) is 15.9. The van der Waals surface area contributed by atoms with Gasteiger partial charge in [-0.1, -0.05) is 24.3 Å². The molecule has 2 aromatic carbocycles. The smallest absolute Gasteiger partial charge is 0.325 e. The van der Waals surface area contributed by atoms with Gasteiger partial charge in [-0.25, -0.2) is 4.79 Å². The lowest BCUT2D eigenvalue weighted by Crippen LogP contribution is -2.58. The van der Waals surface area contributed by atoms with Gasteiger partial charge in [-0.2, -0.15) is 0 Å². The molecule has 0 radical (unpaired) electrons. The van der Waals surface area contributed by atoms with E-state index in [2.05, 4.69) is 10.6 Å². The number of amides is 4. The van der Waals surface area contributed by atoms with Crippen LogP contribution in [0.3, 0.4) is 0 Å². The molecule has 0 aliphatic carbocycles. The number of likely N-dealkylation sites (tertiary alicyclic amines) is 1. The van der Waals surface area contributed by atoms with Crippen LogP contribution >= 0.6 is 0 Å². The first-order chi connectivity index (χ1) is 20.3. The van der Waals surface area contributed by atoms with Crippen LogP contribution in [0, 0.1) is 0 Å². The monoisotopic (exact) mass is 581 g/mol. The molecule has 12 heteroatoms. The molecule has 2 saturated heterocycles. The second kappa shape index (κ2) is 13.9. The van der Waals surface area contributed by atoms with Crippen LogP contribution in [0.15, 0.2) is 48.5 Å². The van der Waals surface area contributed by atoms with Gasteiger partial charge < -0.3 is 39.5 Å². The van der Waals surface area contributed by atoms with E-state index in [4.69, 9.17) is 14.2 Å². The summed E-state index contributed by atoms with van der Waals surface area (Å²) in [6.45, 7) is 2.99. The van der Waals surface area contributed by atoms with E-state index in [9.17, 15) is 19.2 Å². The lowest BCUT2D eigenvalue weighted by atomic mass is 9.85. The van der Waals surface area contributed by atoms with E-state index in [-0.39, 0.29) is 44.2 Å². The highest BCUT2D eigenvalue weighted by Crippen LogP contribution is 2.39. The highest BCUT2D eigenvalue weighted by atomic mass is 16.5. The molecule has 1 spiro atoms. The van der Waals surface area contributed by atoms with Crippen LogP contribution in [0.5, 0.6) is 11.5 Å². The van der Waals surface area contributed by atoms with Gasteiger partial charge >= 0.3 is 12.0 Å². The van der Waals surface area contributed by atoms with Crippen molar-refractivity contribution >= 4 is 29.5 Å². The van der Waals surface area contributed by atoms with E-state index in [1.54, 1.807) is 30.9 Å². The number of esters is 1. The fourth-order valence-corrected chi connectivity index (χ4v) is 5.49. The van der Waals surface area contributed by atoms with Crippen molar-refractivity contribution < 1.29 is 33.4 Å². The van der Waals surface area contributed by atoms with Crippen molar-refractivity contribution in [2.24, 2.45) is 0 Å². The van der Waals surface area contributed by atoms with E-state index in [0.29, 0.717) is 50.4 Å². The summed E-state index contributed by atoms with van der Waals surface area (Å²) in [6, 6.07) is 14.9. The molecule has 0 aromatic heterocycles. The van der Waals surface area contributed by atoms with E-state index < -0.39 is 11.5 Å². The van der Waals surface area contributed by atoms with Gasteiger partial charge in [0.15, 0.2) is 11.5 Å². The lowest BCUT2D eigenvalue weighted by Gasteiger charge is -2.43. The Kier molecular flexibility index (Phi) is 10.1. The molecule has 42 heavy (non-hydrogen) atoms. The number of urea groups is 1. The molecule has 4 amide bonds. The summed E-state index contributed by atoms with van der Waals surface area (Å²) in [5.74, 6) is 0.381. The molecule has 2 aromatic rings. The predicted molar refractivity (Wildman–Crippen MR) is 155 cm³/mol. The molecule has 2 aliphatic heterocycles. The summed E-state index contributed by atoms with van der Waals surface area (Å²) in [5, 5.41) is 5.51. The van der Waals surface area contributed by atoms with Crippen LogP contribution in [0.25, 0.3) is 0 Å². The fraction of sp³-hybridized carbons (Fsp3) is 0.467. The highest BCUT2D eigenvalue weighted by molar-refractivity contribution is 5.96. The number of carbonyl (C=O) groups is 4. The summed E-state index contributed by atoms with van der Waals surface area (Å²) in [6.07, 6.45) is 1.38. The standard InChI is InChI=1S/C30H39N5O7/c1-4-42-27(37)19-32-29(39)33-16-13-30(14-17-33)28(38)34(21-35(30)23-8-6-5-7-9-23)20-26(36)31-15-12-22-10-11-24(40-2)25(18-22)41-3/h5-11,18H,4,12-17,19-21H2,1-3H3,(H,31,36)(H,32,39). The molecule has 2 heterocycles. The largest absolute Gasteiger partial charge is 0.493 e. The third-order valence-electron chi connectivity index (χ3n) is 7.67. The van der Waals surface area contributed by atoms with Crippen LogP contribution in [0.2, 0.25) is 0 Å². The third-order valence-corrected chi connectivity index (χ3v) is 7.67. The van der Waals surface area contributed by atoms with Gasteiger partial charge in [0.1, 0.15) is 18.6 Å². The van der Waals surface area contributed by atoms with Gasteiger partial charge in [0, 0.05) is 25.3 Å². The maximum Gasteiger partial charge on any atom is 0.325 e. The maximum absolute atomic E-state index is 13.9. The lowest BCUT2D eigenvalue weighted by molar-refractivity contribution is -0.141. The molecule has 0 atom stereocenters. The summed E-state index contributed by atoms with van der Waals surface area (Å²) >= 11 is 0. The number of para-hydroxylation sites is 1. The Labute approximate surface area is 245 Å². The van der Waals surface area contributed by atoms with Crippen molar-refractivity contribution in [3.63, 3.8) is 0 Å². The van der Waals surface area contributed by atoms with E-state index in [1.165, 1.54) is 0 Å². The Bertz CT molecular complexity index is 1260. The molecule has 2 N–H and O–H groups in total. The van der Waals surface area contributed by atoms with Crippen molar-refractivity contribution in [1.82, 2.24) is 20.4 Å². The number of piperidine rings is 1. The highest BCUT2D eigenvalue weighted by Gasteiger charge is 2.54. The van der Waals surface area contributed by atoms with Crippen LogP contribution < -0.4 is 25.0 Å². The number of nitrogens with one attached hydrogen (secondary N) is 2. The molecule has 0 unspecified atom stereocenters. The molecule has 2 aliphatic rings. The molecule has 2 fully saturated rings. The Hall–Kier alpha value is -4.48.